The highest BCUT2D eigenvalue weighted by molar-refractivity contribution is 7.49. The van der Waals surface area contributed by atoms with Crippen molar-refractivity contribution in [1.29, 1.82) is 5.26 Å². The van der Waals surface area contributed by atoms with Gasteiger partial charge in [0.05, 0.1) is 30.7 Å². The fraction of sp³-hybridized carbons (Fsp3) is 0.500. The molecule has 0 spiro atoms. The summed E-state index contributed by atoms with van der Waals surface area (Å²) in [4.78, 5) is 26.2. The van der Waals surface area contributed by atoms with Crippen molar-refractivity contribution in [3.63, 3.8) is 0 Å². The van der Waals surface area contributed by atoms with Crippen LogP contribution in [-0.4, -0.2) is 63.9 Å². The molecule has 4 rings (SSSR count). The molecule has 2 saturated heterocycles. The Morgan fingerprint density at radius 3 is 2.76 bits per heavy atom. The second kappa shape index (κ2) is 12.1. The number of benzene rings is 1. The third-order valence-electron chi connectivity index (χ3n) is 5.68. The molecule has 1 aromatic heterocycles. The molecular formula is C22H25ClN3O11P. The lowest BCUT2D eigenvalue weighted by atomic mass is 10.1. The number of hydrogen-bond acceptors (Lipinski definition) is 12. The summed E-state index contributed by atoms with van der Waals surface area (Å²) in [5.41, 5.74) is -1.60. The molecule has 0 amide bonds. The average molecular weight is 574 g/mol. The van der Waals surface area contributed by atoms with E-state index in [1.165, 1.54) is 18.2 Å². The number of H-pyrrole nitrogens is 1. The van der Waals surface area contributed by atoms with Gasteiger partial charge in [-0.2, -0.15) is 5.26 Å². The molecule has 3 heterocycles. The third kappa shape index (κ3) is 6.18. The van der Waals surface area contributed by atoms with Crippen LogP contribution in [0.5, 0.6) is 5.75 Å². The summed E-state index contributed by atoms with van der Waals surface area (Å²) in [7, 11) is -4.83. The van der Waals surface area contributed by atoms with Crippen LogP contribution in [0.3, 0.4) is 0 Å². The molecule has 0 aliphatic carbocycles. The van der Waals surface area contributed by atoms with Gasteiger partial charge in [0.15, 0.2) is 18.6 Å². The molecule has 1 aromatic carbocycles. The number of hydrogen-bond donors (Lipinski definition) is 3. The number of nitriles is 1. The summed E-state index contributed by atoms with van der Waals surface area (Å²) in [6.45, 7) is -0.949. The molecule has 6 atom stereocenters. The molecule has 38 heavy (non-hydrogen) atoms. The van der Waals surface area contributed by atoms with E-state index in [-0.39, 0.29) is 17.2 Å². The Hall–Kier alpha value is -2.57. The van der Waals surface area contributed by atoms with Gasteiger partial charge in [0, 0.05) is 25.3 Å². The minimum atomic E-state index is -4.83. The summed E-state index contributed by atoms with van der Waals surface area (Å²) in [5, 5.41) is 30.8. The van der Waals surface area contributed by atoms with Crippen molar-refractivity contribution in [3.8, 4) is 11.8 Å². The van der Waals surface area contributed by atoms with E-state index in [1.54, 1.807) is 6.07 Å². The first kappa shape index (κ1) is 28.4. The minimum absolute atomic E-state index is 0.0402. The Balaban J connectivity index is 1.74. The summed E-state index contributed by atoms with van der Waals surface area (Å²) in [5.74, 6) is -2.88. The number of phosphoric ester groups is 1. The van der Waals surface area contributed by atoms with Crippen LogP contribution < -0.4 is 15.8 Å². The first-order valence-electron chi connectivity index (χ1n) is 11.5. The van der Waals surface area contributed by atoms with Gasteiger partial charge in [-0.3, -0.25) is 18.9 Å². The molecule has 2 fully saturated rings. The largest absolute Gasteiger partial charge is 0.532 e. The van der Waals surface area contributed by atoms with Crippen LogP contribution in [0.15, 0.2) is 46.1 Å². The van der Waals surface area contributed by atoms with E-state index in [0.29, 0.717) is 19.4 Å². The van der Waals surface area contributed by atoms with Gasteiger partial charge in [0.2, 0.25) is 5.79 Å². The lowest BCUT2D eigenvalue weighted by Gasteiger charge is -2.35. The monoisotopic (exact) mass is 573 g/mol. The Bertz CT molecular complexity index is 1320. The fourth-order valence-corrected chi connectivity index (χ4v) is 5.59. The van der Waals surface area contributed by atoms with Gasteiger partial charge in [0.25, 0.3) is 5.56 Å². The molecule has 206 valence electrons. The number of aromatic nitrogens is 2. The van der Waals surface area contributed by atoms with Crippen LogP contribution in [0.25, 0.3) is 0 Å². The van der Waals surface area contributed by atoms with Gasteiger partial charge in [0.1, 0.15) is 11.9 Å². The van der Waals surface area contributed by atoms with E-state index in [1.807, 2.05) is 6.07 Å². The predicted octanol–water partition coefficient (Wildman–Crippen LogP) is 1.42. The fourth-order valence-electron chi connectivity index (χ4n) is 3.92. The normalized spacial score (nSPS) is 28.6. The maximum atomic E-state index is 13.8. The van der Waals surface area contributed by atoms with Crippen molar-refractivity contribution >= 4 is 19.4 Å². The standard InChI is InChI=1S/C22H25ClN3O11P/c23-14-5-1-2-6-15(14)36-38(31,33-12-4-9-24)37-22(30)16(13-27)34-20(19(22)35-18-7-3-11-32-18)26-10-8-17(28)25-21(26)29/h1-2,5-6,8,10,16,18-20,27,30H,3-4,7,11-13H2,(H,25,28,29)/t16-,18?,19+,20-,22-,38?/m1/s1. The van der Waals surface area contributed by atoms with E-state index in [2.05, 4.69) is 4.98 Å². The van der Waals surface area contributed by atoms with Crippen molar-refractivity contribution in [3.05, 3.63) is 62.4 Å². The smallest absolute Gasteiger partial charge is 0.402 e. The topological polar surface area (TPSA) is 192 Å². The van der Waals surface area contributed by atoms with Crippen molar-refractivity contribution in [1.82, 2.24) is 9.55 Å². The molecule has 0 saturated carbocycles. The van der Waals surface area contributed by atoms with Gasteiger partial charge in [-0.15, -0.1) is 0 Å². The Labute approximate surface area is 220 Å². The second-order valence-electron chi connectivity index (χ2n) is 8.27. The predicted molar refractivity (Wildman–Crippen MR) is 128 cm³/mol. The van der Waals surface area contributed by atoms with Crippen LogP contribution in [0, 0.1) is 11.3 Å². The first-order chi connectivity index (χ1) is 18.2. The molecule has 2 aromatic rings. The van der Waals surface area contributed by atoms with Crippen molar-refractivity contribution in [2.75, 3.05) is 19.8 Å². The number of nitrogens with one attached hydrogen (secondary N) is 1. The van der Waals surface area contributed by atoms with Gasteiger partial charge >= 0.3 is 13.5 Å². The van der Waals surface area contributed by atoms with E-state index >= 15 is 0 Å². The maximum Gasteiger partial charge on any atom is 0.532 e. The molecule has 2 aliphatic rings. The van der Waals surface area contributed by atoms with Crippen LogP contribution in [0.1, 0.15) is 25.5 Å². The highest BCUT2D eigenvalue weighted by Gasteiger charge is 2.63. The first-order valence-corrected chi connectivity index (χ1v) is 13.4. The number of aliphatic hydroxyl groups excluding tert-OH is 1. The zero-order valence-electron chi connectivity index (χ0n) is 19.8. The average Bonchev–Trinajstić information content (AvgIpc) is 3.47. The molecule has 14 nitrogen and oxygen atoms in total. The number of halogens is 1. The number of phosphoric acid groups is 1. The van der Waals surface area contributed by atoms with Gasteiger partial charge in [-0.25, -0.2) is 13.9 Å². The van der Waals surface area contributed by atoms with E-state index in [9.17, 15) is 24.4 Å². The number of aliphatic hydroxyl groups is 2. The summed E-state index contributed by atoms with van der Waals surface area (Å²) in [6, 6.07) is 8.80. The Morgan fingerprint density at radius 1 is 1.32 bits per heavy atom. The summed E-state index contributed by atoms with van der Waals surface area (Å²) >= 11 is 6.13. The SMILES string of the molecule is N#CCCOP(=O)(Oc1ccccc1Cl)O[C@]1(O)[C@@H](CO)O[C@@H](n2ccc(=O)[nH]c2=O)[C@@H]1OC1CCCO1. The lowest BCUT2D eigenvalue weighted by Crippen LogP contribution is -2.53. The summed E-state index contributed by atoms with van der Waals surface area (Å²) in [6.07, 6.45) is -3.73. The van der Waals surface area contributed by atoms with E-state index in [0.717, 1.165) is 16.8 Å². The number of para-hydroxylation sites is 1. The molecule has 16 heteroatoms. The van der Waals surface area contributed by atoms with Gasteiger partial charge < -0.3 is 28.9 Å². The van der Waals surface area contributed by atoms with E-state index < -0.39 is 62.8 Å². The molecule has 2 aliphatic heterocycles. The van der Waals surface area contributed by atoms with Crippen molar-refractivity contribution in [2.45, 2.75) is 49.8 Å². The molecular weight excluding hydrogens is 549 g/mol. The van der Waals surface area contributed by atoms with Crippen LogP contribution in [0.4, 0.5) is 0 Å². The van der Waals surface area contributed by atoms with Crippen LogP contribution in [-0.2, 0) is 27.8 Å². The van der Waals surface area contributed by atoms with Crippen molar-refractivity contribution < 1.29 is 42.6 Å². The third-order valence-corrected chi connectivity index (χ3v) is 7.42. The highest BCUT2D eigenvalue weighted by atomic mass is 35.5. The quantitative estimate of drug-likeness (QED) is 0.199. The zero-order valence-corrected chi connectivity index (χ0v) is 21.5. The van der Waals surface area contributed by atoms with Gasteiger partial charge in [-0.1, -0.05) is 23.7 Å². The van der Waals surface area contributed by atoms with Crippen LogP contribution >= 0.6 is 19.4 Å². The molecule has 2 unspecified atom stereocenters. The Morgan fingerprint density at radius 2 is 2.11 bits per heavy atom. The van der Waals surface area contributed by atoms with Gasteiger partial charge in [-0.05, 0) is 18.6 Å². The highest BCUT2D eigenvalue weighted by Crippen LogP contribution is 2.57. The molecule has 0 bridgehead atoms. The Kier molecular flexibility index (Phi) is 9.04. The minimum Gasteiger partial charge on any atom is -0.402 e. The summed E-state index contributed by atoms with van der Waals surface area (Å²) < 4.78 is 48.2. The number of nitrogens with zero attached hydrogens (tertiary/aromatic N) is 2. The van der Waals surface area contributed by atoms with Crippen LogP contribution in [0.2, 0.25) is 5.02 Å². The second-order valence-corrected chi connectivity index (χ2v) is 10.2. The number of ether oxygens (including phenoxy) is 3. The number of rotatable bonds is 11. The molecule has 0 radical (unpaired) electrons. The lowest BCUT2D eigenvalue weighted by molar-refractivity contribution is -0.267. The molecule has 3 N–H and O–H groups in total. The van der Waals surface area contributed by atoms with Crippen molar-refractivity contribution in [2.24, 2.45) is 0 Å². The zero-order chi connectivity index (χ0) is 27.3. The van der Waals surface area contributed by atoms with E-state index in [4.69, 9.17) is 44.6 Å². The maximum absolute atomic E-state index is 13.8. The number of aromatic amines is 1.